The molecule has 2 aromatic carbocycles. The Bertz CT molecular complexity index is 925. The molecule has 0 fully saturated rings. The summed E-state index contributed by atoms with van der Waals surface area (Å²) in [5.41, 5.74) is 1.50. The number of benzene rings is 2. The molecule has 0 aromatic heterocycles. The number of rotatable bonds is 9. The molecule has 0 amide bonds. The summed E-state index contributed by atoms with van der Waals surface area (Å²) in [5, 5.41) is 15.4. The highest BCUT2D eigenvalue weighted by molar-refractivity contribution is 6.99. The Morgan fingerprint density at radius 2 is 1.65 bits per heavy atom. The van der Waals surface area contributed by atoms with E-state index < -0.39 is 8.32 Å². The van der Waals surface area contributed by atoms with Crippen molar-refractivity contribution in [3.8, 4) is 0 Å². The summed E-state index contributed by atoms with van der Waals surface area (Å²) >= 11 is 0. The molecule has 5 nitrogen and oxygen atoms in total. The van der Waals surface area contributed by atoms with Crippen LogP contribution in [0.15, 0.2) is 71.9 Å². The second kappa shape index (κ2) is 11.3. The molecule has 2 atom stereocenters. The average Bonchev–Trinajstić information content (AvgIpc) is 2.86. The smallest absolute Gasteiger partial charge is 0.335 e. The first-order valence-corrected chi connectivity index (χ1v) is 14.1. The minimum absolute atomic E-state index is 0.0243. The van der Waals surface area contributed by atoms with E-state index in [-0.39, 0.29) is 29.8 Å². The molecule has 0 bridgehead atoms. The minimum atomic E-state index is -2.71. The summed E-state index contributed by atoms with van der Waals surface area (Å²) in [6, 6.07) is 21.1. The van der Waals surface area contributed by atoms with E-state index in [0.29, 0.717) is 18.4 Å². The van der Waals surface area contributed by atoms with Crippen LogP contribution in [-0.4, -0.2) is 45.3 Å². The first kappa shape index (κ1) is 26.2. The van der Waals surface area contributed by atoms with Crippen LogP contribution in [0.5, 0.6) is 0 Å². The van der Waals surface area contributed by atoms with Crippen LogP contribution in [0.4, 0.5) is 0 Å². The van der Waals surface area contributed by atoms with E-state index in [2.05, 4.69) is 74.6 Å². The van der Waals surface area contributed by atoms with E-state index in [4.69, 9.17) is 9.16 Å². The van der Waals surface area contributed by atoms with E-state index in [1.807, 2.05) is 19.1 Å². The van der Waals surface area contributed by atoms with Crippen molar-refractivity contribution < 1.29 is 19.1 Å². The topological polar surface area (TPSA) is 67.8 Å². The fourth-order valence-corrected chi connectivity index (χ4v) is 9.68. The molecule has 2 aromatic rings. The van der Waals surface area contributed by atoms with Crippen LogP contribution < -0.4 is 15.7 Å². The summed E-state index contributed by atoms with van der Waals surface area (Å²) in [4.78, 5) is 12.8. The predicted molar refractivity (Wildman–Crippen MR) is 140 cm³/mol. The molecule has 184 valence electrons. The zero-order chi connectivity index (χ0) is 24.8. The number of methoxy groups -OCH3 is 1. The van der Waals surface area contributed by atoms with E-state index in [0.717, 1.165) is 18.5 Å². The van der Waals surface area contributed by atoms with Gasteiger partial charge in [0.05, 0.1) is 25.4 Å². The van der Waals surface area contributed by atoms with Crippen molar-refractivity contribution in [2.24, 2.45) is 0 Å². The normalized spacial score (nSPS) is 17.9. The monoisotopic (exact) mass is 481 g/mol. The summed E-state index contributed by atoms with van der Waals surface area (Å²) in [5.74, 6) is -0.328. The Hall–Kier alpha value is -2.41. The van der Waals surface area contributed by atoms with Gasteiger partial charge >= 0.3 is 5.97 Å². The molecule has 0 spiro atoms. The highest BCUT2D eigenvalue weighted by Gasteiger charge is 2.51. The van der Waals surface area contributed by atoms with E-state index >= 15 is 0 Å². The van der Waals surface area contributed by atoms with Gasteiger partial charge in [-0.25, -0.2) is 4.79 Å². The van der Waals surface area contributed by atoms with Crippen molar-refractivity contribution in [2.45, 2.75) is 70.6 Å². The molecule has 0 heterocycles. The maximum Gasteiger partial charge on any atom is 0.335 e. The third-order valence-electron chi connectivity index (χ3n) is 6.80. The van der Waals surface area contributed by atoms with Gasteiger partial charge in [0.15, 0.2) is 0 Å². The molecule has 0 unspecified atom stereocenters. The quantitative estimate of drug-likeness (QED) is 0.420. The molecule has 34 heavy (non-hydrogen) atoms. The van der Waals surface area contributed by atoms with Crippen molar-refractivity contribution in [3.05, 3.63) is 71.9 Å². The van der Waals surface area contributed by atoms with Gasteiger partial charge in [-0.1, -0.05) is 88.4 Å². The second-order valence-corrected chi connectivity index (χ2v) is 14.3. The maximum absolute atomic E-state index is 12.8. The molecule has 0 saturated carbocycles. The number of hydrogen-bond donors (Lipinski definition) is 2. The van der Waals surface area contributed by atoms with Crippen LogP contribution in [0.1, 0.15) is 53.4 Å². The Morgan fingerprint density at radius 1 is 1.09 bits per heavy atom. The Morgan fingerprint density at radius 3 is 2.09 bits per heavy atom. The van der Waals surface area contributed by atoms with Crippen molar-refractivity contribution in [1.82, 2.24) is 5.32 Å². The van der Waals surface area contributed by atoms with Gasteiger partial charge in [-0.05, 0) is 34.7 Å². The fourth-order valence-electron chi connectivity index (χ4n) is 4.96. The lowest BCUT2D eigenvalue weighted by atomic mass is 9.93. The molecular formula is C28H39NO4Si. The highest BCUT2D eigenvalue weighted by atomic mass is 28.4. The van der Waals surface area contributed by atoms with Crippen molar-refractivity contribution in [1.29, 1.82) is 0 Å². The molecule has 1 aliphatic carbocycles. The van der Waals surface area contributed by atoms with Gasteiger partial charge in [0.2, 0.25) is 0 Å². The third-order valence-corrected chi connectivity index (χ3v) is 11.9. The molecule has 3 rings (SSSR count). The number of hydrogen-bond acceptors (Lipinski definition) is 5. The molecular weight excluding hydrogens is 442 g/mol. The van der Waals surface area contributed by atoms with Crippen LogP contribution >= 0.6 is 0 Å². The van der Waals surface area contributed by atoms with Crippen molar-refractivity contribution in [2.75, 3.05) is 13.7 Å². The van der Waals surface area contributed by atoms with E-state index in [1.165, 1.54) is 17.5 Å². The lowest BCUT2D eigenvalue weighted by molar-refractivity contribution is -0.136. The number of aliphatic hydroxyl groups is 1. The number of ether oxygens (including phenoxy) is 1. The van der Waals surface area contributed by atoms with E-state index in [1.54, 1.807) is 0 Å². The second-order valence-electron chi connectivity index (χ2n) is 10.0. The molecule has 6 heteroatoms. The molecule has 2 N–H and O–H groups in total. The summed E-state index contributed by atoms with van der Waals surface area (Å²) in [7, 11) is -1.29. The first-order chi connectivity index (χ1) is 16.3. The van der Waals surface area contributed by atoms with Gasteiger partial charge in [0, 0.05) is 18.2 Å². The van der Waals surface area contributed by atoms with Crippen molar-refractivity contribution >= 4 is 24.7 Å². The Balaban J connectivity index is 2.04. The summed E-state index contributed by atoms with van der Waals surface area (Å²) < 4.78 is 12.4. The lowest BCUT2D eigenvalue weighted by Crippen LogP contribution is -2.67. The zero-order valence-corrected chi connectivity index (χ0v) is 22.1. The van der Waals surface area contributed by atoms with Gasteiger partial charge in [0.1, 0.15) is 0 Å². The van der Waals surface area contributed by atoms with Crippen LogP contribution in [0.2, 0.25) is 5.04 Å². The maximum atomic E-state index is 12.8. The van der Waals surface area contributed by atoms with Crippen LogP contribution in [0, 0.1) is 0 Å². The first-order valence-electron chi connectivity index (χ1n) is 12.2. The third kappa shape index (κ3) is 5.45. The number of aliphatic hydroxyl groups excluding tert-OH is 1. The summed E-state index contributed by atoms with van der Waals surface area (Å²) in [6.07, 6.45) is 2.64. The average molecular weight is 482 g/mol. The highest BCUT2D eigenvalue weighted by Crippen LogP contribution is 2.40. The number of nitrogens with one attached hydrogen (secondary N) is 1. The number of carbonyl (C=O) groups excluding carboxylic acids is 1. The van der Waals surface area contributed by atoms with Crippen LogP contribution in [-0.2, 0) is 14.0 Å². The van der Waals surface area contributed by atoms with Crippen LogP contribution in [0.25, 0.3) is 0 Å². The van der Waals surface area contributed by atoms with Gasteiger partial charge in [-0.2, -0.15) is 0 Å². The molecule has 0 radical (unpaired) electrons. The number of allylic oxidation sites excluding steroid dienone is 1. The van der Waals surface area contributed by atoms with Crippen molar-refractivity contribution in [3.63, 3.8) is 0 Å². The van der Waals surface area contributed by atoms with Gasteiger partial charge in [-0.3, -0.25) is 0 Å². The number of esters is 1. The van der Waals surface area contributed by atoms with E-state index in [9.17, 15) is 9.90 Å². The van der Waals surface area contributed by atoms with Gasteiger partial charge in [-0.15, -0.1) is 0 Å². The Labute approximate surface area is 205 Å². The zero-order valence-electron chi connectivity index (χ0n) is 21.1. The fraction of sp³-hybridized carbons (Fsp3) is 0.464. The molecule has 0 saturated heterocycles. The standard InChI is InChI=1S/C28H39NO4Si/c1-6-21(20-30)29-26-18-17-22(19-25(26)27(31)32-5)33-34(28(2,3)4,23-13-9-7-10-14-23)24-15-11-8-12-16-24/h7-16,21-22,29-30H,6,17-20H2,1-5H3/t21-,22+/m0/s1. The lowest BCUT2D eigenvalue weighted by Gasteiger charge is -2.46. The van der Waals surface area contributed by atoms with Gasteiger partial charge < -0.3 is 19.6 Å². The molecule has 1 aliphatic rings. The van der Waals surface area contributed by atoms with Gasteiger partial charge in [0.25, 0.3) is 8.32 Å². The summed E-state index contributed by atoms with van der Waals surface area (Å²) in [6.45, 7) is 8.83. The predicted octanol–water partition coefficient (Wildman–Crippen LogP) is 3.90. The molecule has 0 aliphatic heterocycles. The Kier molecular flexibility index (Phi) is 8.74. The largest absolute Gasteiger partial charge is 0.466 e. The minimum Gasteiger partial charge on any atom is -0.466 e. The SMILES string of the molecule is CC[C@@H](CO)NC1=C(C(=O)OC)C[C@H](O[Si](c2ccccc2)(c2ccccc2)C(C)(C)C)CC1. The number of carbonyl (C=O) groups is 1. The van der Waals surface area contributed by atoms with Crippen LogP contribution in [0.3, 0.4) is 0 Å².